The first kappa shape index (κ1) is 25.2. The van der Waals surface area contributed by atoms with Crippen LogP contribution in [0.25, 0.3) is 22.2 Å². The number of carboxylic acid groups (broad SMARTS) is 1. The average Bonchev–Trinajstić information content (AvgIpc) is 3.71. The van der Waals surface area contributed by atoms with Crippen LogP contribution in [0.15, 0.2) is 59.1 Å². The lowest BCUT2D eigenvalue weighted by atomic mass is 9.56. The number of aromatic nitrogens is 2. The molecule has 40 heavy (non-hydrogen) atoms. The summed E-state index contributed by atoms with van der Waals surface area (Å²) in [5, 5.41) is 14.7. The number of hydrogen-bond donors (Lipinski definition) is 1. The van der Waals surface area contributed by atoms with Crippen molar-refractivity contribution in [3.63, 3.8) is 0 Å². The Morgan fingerprint density at radius 1 is 1.12 bits per heavy atom. The molecule has 2 aromatic carbocycles. The van der Waals surface area contributed by atoms with Crippen molar-refractivity contribution < 1.29 is 18.8 Å². The van der Waals surface area contributed by atoms with Crippen LogP contribution in [0, 0.1) is 11.3 Å². The first-order chi connectivity index (χ1) is 19.4. The molecule has 0 radical (unpaired) electrons. The fourth-order valence-corrected chi connectivity index (χ4v) is 7.13. The van der Waals surface area contributed by atoms with E-state index in [-0.39, 0.29) is 5.69 Å². The summed E-state index contributed by atoms with van der Waals surface area (Å²) in [4.78, 5) is 17.9. The molecule has 2 aromatic heterocycles. The molecule has 1 N–H and O–H groups in total. The third-order valence-electron chi connectivity index (χ3n) is 9.43. The van der Waals surface area contributed by atoms with Crippen LogP contribution in [-0.4, -0.2) is 34.3 Å². The third kappa shape index (κ3) is 4.55. The molecular weight excluding hydrogens is 505 g/mol. The first-order valence-corrected chi connectivity index (χ1v) is 14.5. The quantitative estimate of drug-likeness (QED) is 0.259. The van der Waals surface area contributed by atoms with Gasteiger partial charge in [0.2, 0.25) is 0 Å². The van der Waals surface area contributed by atoms with Crippen LogP contribution in [0.4, 0.5) is 10.1 Å². The van der Waals surface area contributed by atoms with Crippen molar-refractivity contribution in [3.8, 4) is 11.3 Å². The first-order valence-electron chi connectivity index (χ1n) is 14.5. The fraction of sp³-hybridized carbons (Fsp3) is 0.424. The van der Waals surface area contributed by atoms with E-state index in [9.17, 15) is 14.3 Å². The molecule has 2 aliphatic carbocycles. The van der Waals surface area contributed by atoms with Crippen LogP contribution in [0.3, 0.4) is 0 Å². The number of rotatable bonds is 7. The number of pyridine rings is 1. The van der Waals surface area contributed by atoms with Crippen LogP contribution in [-0.2, 0) is 6.42 Å². The predicted molar refractivity (Wildman–Crippen MR) is 152 cm³/mol. The second-order valence-electron chi connectivity index (χ2n) is 12.2. The van der Waals surface area contributed by atoms with Crippen molar-refractivity contribution in [3.05, 3.63) is 77.2 Å². The zero-order chi connectivity index (χ0) is 27.4. The SMILES string of the molecule is CC(F)c1ccccc1-c1noc(C2CC2)c1CC1CC2(CCN(c3ccc4nc(C(=O)O)ccc4c3)CC2)C1. The van der Waals surface area contributed by atoms with Gasteiger partial charge in [-0.2, -0.15) is 0 Å². The minimum Gasteiger partial charge on any atom is -0.477 e. The molecular formula is C33H34FN3O3. The zero-order valence-electron chi connectivity index (χ0n) is 22.8. The molecule has 3 heterocycles. The molecule has 2 saturated carbocycles. The van der Waals surface area contributed by atoms with Crippen LogP contribution >= 0.6 is 0 Å². The molecule has 7 heteroatoms. The monoisotopic (exact) mass is 539 g/mol. The van der Waals surface area contributed by atoms with E-state index in [0.29, 0.717) is 28.3 Å². The largest absolute Gasteiger partial charge is 0.477 e. The predicted octanol–water partition coefficient (Wildman–Crippen LogP) is 7.74. The Morgan fingerprint density at radius 2 is 1.90 bits per heavy atom. The standard InChI is InChI=1S/C33H34FN3O3/c1-20(34)25-4-2-3-5-26(25)30-27(31(40-36-30)22-6-7-22)16-21-18-33(19-21)12-14-37(15-13-33)24-9-11-28-23(17-24)8-10-29(35-28)32(38)39/h2-5,8-11,17,20-22H,6-7,12-16,18-19H2,1H3,(H,38,39). The van der Waals surface area contributed by atoms with Crippen molar-refractivity contribution >= 4 is 22.6 Å². The summed E-state index contributed by atoms with van der Waals surface area (Å²) in [6.07, 6.45) is 6.99. The second kappa shape index (κ2) is 9.72. The number of anilines is 1. The number of halogens is 1. The summed E-state index contributed by atoms with van der Waals surface area (Å²) in [7, 11) is 0. The van der Waals surface area contributed by atoms with Crippen molar-refractivity contribution in [1.29, 1.82) is 0 Å². The summed E-state index contributed by atoms with van der Waals surface area (Å²) < 4.78 is 20.4. The molecule has 3 fully saturated rings. The summed E-state index contributed by atoms with van der Waals surface area (Å²) in [6, 6.07) is 17.2. The molecule has 0 amide bonds. The Labute approximate surface area is 233 Å². The number of alkyl halides is 1. The van der Waals surface area contributed by atoms with E-state index in [1.807, 2.05) is 36.4 Å². The average molecular weight is 540 g/mol. The van der Waals surface area contributed by atoms with Gasteiger partial charge < -0.3 is 14.5 Å². The van der Waals surface area contributed by atoms with E-state index in [1.54, 1.807) is 13.0 Å². The second-order valence-corrected chi connectivity index (χ2v) is 12.2. The maximum absolute atomic E-state index is 14.5. The molecule has 206 valence electrons. The number of benzene rings is 2. The van der Waals surface area contributed by atoms with E-state index in [2.05, 4.69) is 27.2 Å². The highest BCUT2D eigenvalue weighted by molar-refractivity contribution is 5.90. The maximum atomic E-state index is 14.5. The van der Waals surface area contributed by atoms with E-state index < -0.39 is 12.1 Å². The van der Waals surface area contributed by atoms with Gasteiger partial charge in [-0.25, -0.2) is 14.2 Å². The van der Waals surface area contributed by atoms with Crippen LogP contribution in [0.2, 0.25) is 0 Å². The van der Waals surface area contributed by atoms with Gasteiger partial charge in [-0.3, -0.25) is 0 Å². The number of aromatic carboxylic acids is 1. The van der Waals surface area contributed by atoms with Crippen LogP contribution < -0.4 is 4.90 Å². The Kier molecular flexibility index (Phi) is 6.13. The maximum Gasteiger partial charge on any atom is 0.354 e. The minimum atomic E-state index is -1.05. The highest BCUT2D eigenvalue weighted by Crippen LogP contribution is 2.55. The Bertz CT molecular complexity index is 1580. The summed E-state index contributed by atoms with van der Waals surface area (Å²) in [5.74, 6) is 1.10. The lowest BCUT2D eigenvalue weighted by molar-refractivity contribution is 0.0282. The van der Waals surface area contributed by atoms with E-state index in [0.717, 1.165) is 54.8 Å². The van der Waals surface area contributed by atoms with Gasteiger partial charge in [0, 0.05) is 41.2 Å². The van der Waals surface area contributed by atoms with Crippen LogP contribution in [0.5, 0.6) is 0 Å². The number of carboxylic acids is 1. The molecule has 1 aliphatic heterocycles. The molecule has 1 spiro atoms. The minimum absolute atomic E-state index is 0.0726. The number of piperidine rings is 1. The summed E-state index contributed by atoms with van der Waals surface area (Å²) in [5.41, 5.74) is 5.97. The molecule has 1 unspecified atom stereocenters. The van der Waals surface area contributed by atoms with Gasteiger partial charge in [0.05, 0.1) is 5.52 Å². The summed E-state index contributed by atoms with van der Waals surface area (Å²) in [6.45, 7) is 3.63. The van der Waals surface area contributed by atoms with Crippen molar-refractivity contribution in [2.75, 3.05) is 18.0 Å². The number of carbonyl (C=O) groups is 1. The van der Waals surface area contributed by atoms with Gasteiger partial charge in [0.15, 0.2) is 0 Å². The van der Waals surface area contributed by atoms with E-state index >= 15 is 0 Å². The molecule has 1 saturated heterocycles. The molecule has 6 nitrogen and oxygen atoms in total. The van der Waals surface area contributed by atoms with E-state index in [1.165, 1.54) is 36.9 Å². The Balaban J connectivity index is 1.03. The Morgan fingerprint density at radius 3 is 2.62 bits per heavy atom. The third-order valence-corrected chi connectivity index (χ3v) is 9.43. The smallest absolute Gasteiger partial charge is 0.354 e. The molecule has 1 atom stereocenters. The van der Waals surface area contributed by atoms with Gasteiger partial charge in [-0.1, -0.05) is 35.5 Å². The van der Waals surface area contributed by atoms with E-state index in [4.69, 9.17) is 4.52 Å². The lowest BCUT2D eigenvalue weighted by Crippen LogP contribution is -2.47. The molecule has 3 aliphatic rings. The topological polar surface area (TPSA) is 79.5 Å². The number of fused-ring (bicyclic) bond motifs is 1. The highest BCUT2D eigenvalue weighted by atomic mass is 19.1. The van der Waals surface area contributed by atoms with Gasteiger partial charge >= 0.3 is 5.97 Å². The molecule has 7 rings (SSSR count). The van der Waals surface area contributed by atoms with Gasteiger partial charge in [0.1, 0.15) is 23.3 Å². The van der Waals surface area contributed by atoms with Gasteiger partial charge in [-0.15, -0.1) is 0 Å². The van der Waals surface area contributed by atoms with Gasteiger partial charge in [0.25, 0.3) is 0 Å². The number of hydrogen-bond acceptors (Lipinski definition) is 5. The molecule has 0 bridgehead atoms. The lowest BCUT2D eigenvalue weighted by Gasteiger charge is -2.53. The number of nitrogens with zero attached hydrogens (tertiary/aromatic N) is 3. The molecule has 4 aromatic rings. The van der Waals surface area contributed by atoms with Crippen molar-refractivity contribution in [2.45, 2.75) is 64.0 Å². The zero-order valence-corrected chi connectivity index (χ0v) is 22.8. The van der Waals surface area contributed by atoms with Gasteiger partial charge in [-0.05, 0) is 93.0 Å². The van der Waals surface area contributed by atoms with Crippen LogP contribution in [0.1, 0.15) is 84.9 Å². The Hall–Kier alpha value is -3.74. The van der Waals surface area contributed by atoms with Crippen molar-refractivity contribution in [2.24, 2.45) is 11.3 Å². The van der Waals surface area contributed by atoms with Crippen molar-refractivity contribution in [1.82, 2.24) is 10.1 Å². The normalized spacial score (nSPS) is 19.6. The highest BCUT2D eigenvalue weighted by Gasteiger charge is 2.46. The summed E-state index contributed by atoms with van der Waals surface area (Å²) >= 11 is 0. The fourth-order valence-electron chi connectivity index (χ4n) is 7.13.